The predicted molar refractivity (Wildman–Crippen MR) is 117 cm³/mol. The lowest BCUT2D eigenvalue weighted by Crippen LogP contribution is -2.43. The normalized spacial score (nSPS) is 17.7. The Morgan fingerprint density at radius 2 is 1.97 bits per heavy atom. The van der Waals surface area contributed by atoms with E-state index in [0.717, 1.165) is 16.8 Å². The van der Waals surface area contributed by atoms with Crippen molar-refractivity contribution in [1.82, 2.24) is 8.87 Å². The Kier molecular flexibility index (Phi) is 5.49. The summed E-state index contributed by atoms with van der Waals surface area (Å²) >= 11 is 0. The van der Waals surface area contributed by atoms with Crippen molar-refractivity contribution in [3.05, 3.63) is 58.1 Å². The third-order valence-corrected chi connectivity index (χ3v) is 7.88. The third-order valence-electron chi connectivity index (χ3n) is 6.02. The zero-order valence-corrected chi connectivity index (χ0v) is 18.5. The molecule has 1 amide bonds. The van der Waals surface area contributed by atoms with Crippen LogP contribution in [0.1, 0.15) is 24.0 Å². The summed E-state index contributed by atoms with van der Waals surface area (Å²) in [7, 11) is -2.27. The summed E-state index contributed by atoms with van der Waals surface area (Å²) in [5.74, 6) is -1.18. The van der Waals surface area contributed by atoms with Gasteiger partial charge in [-0.2, -0.15) is 4.31 Å². The topological polar surface area (TPSA) is 102 Å². The van der Waals surface area contributed by atoms with Gasteiger partial charge in [-0.05, 0) is 56.0 Å². The molecule has 1 atom stereocenters. The second-order valence-corrected chi connectivity index (χ2v) is 9.93. The lowest BCUT2D eigenvalue weighted by Gasteiger charge is -2.31. The number of hydrogen-bond acceptors (Lipinski definition) is 5. The highest BCUT2D eigenvalue weighted by molar-refractivity contribution is 7.89. The largest absolute Gasteiger partial charge is 0.419 e. The minimum Gasteiger partial charge on any atom is -0.408 e. The van der Waals surface area contributed by atoms with Crippen molar-refractivity contribution in [2.75, 3.05) is 18.4 Å². The number of aromatic nitrogens is 1. The van der Waals surface area contributed by atoms with Crippen molar-refractivity contribution in [3.8, 4) is 0 Å². The van der Waals surface area contributed by atoms with Crippen molar-refractivity contribution in [2.24, 2.45) is 13.0 Å². The van der Waals surface area contributed by atoms with Crippen molar-refractivity contribution in [2.45, 2.75) is 31.6 Å². The van der Waals surface area contributed by atoms with E-state index in [2.05, 4.69) is 5.32 Å². The number of oxazole rings is 1. The molecule has 164 valence electrons. The molecule has 2 heterocycles. The van der Waals surface area contributed by atoms with Gasteiger partial charge < -0.3 is 9.73 Å². The van der Waals surface area contributed by atoms with E-state index in [9.17, 15) is 18.0 Å². The molecule has 1 saturated heterocycles. The van der Waals surface area contributed by atoms with E-state index in [1.165, 1.54) is 21.0 Å². The van der Waals surface area contributed by atoms with Crippen LogP contribution in [0.4, 0.5) is 5.69 Å². The van der Waals surface area contributed by atoms with Gasteiger partial charge in [-0.15, -0.1) is 0 Å². The Labute approximate surface area is 180 Å². The molecular weight excluding hydrogens is 418 g/mol. The number of sulfonamides is 1. The molecule has 0 saturated carbocycles. The highest BCUT2D eigenvalue weighted by Crippen LogP contribution is 2.27. The van der Waals surface area contributed by atoms with E-state index in [1.807, 2.05) is 32.0 Å². The first-order chi connectivity index (χ1) is 14.7. The number of carbonyl (C=O) groups excluding carboxylic acids is 1. The van der Waals surface area contributed by atoms with Gasteiger partial charge in [-0.1, -0.05) is 12.1 Å². The fourth-order valence-electron chi connectivity index (χ4n) is 3.92. The number of amides is 1. The summed E-state index contributed by atoms with van der Waals surface area (Å²) in [5.41, 5.74) is 3.56. The molecule has 0 bridgehead atoms. The minimum absolute atomic E-state index is 0.0462. The van der Waals surface area contributed by atoms with E-state index in [4.69, 9.17) is 4.42 Å². The lowest BCUT2D eigenvalue weighted by atomic mass is 9.98. The molecule has 4 rings (SSSR count). The van der Waals surface area contributed by atoms with Crippen LogP contribution < -0.4 is 11.1 Å². The first-order valence-electron chi connectivity index (χ1n) is 10.2. The summed E-state index contributed by atoms with van der Waals surface area (Å²) in [6.45, 7) is 4.37. The Morgan fingerprint density at radius 3 is 2.74 bits per heavy atom. The van der Waals surface area contributed by atoms with Gasteiger partial charge in [0.2, 0.25) is 15.9 Å². The number of carbonyl (C=O) groups is 1. The number of anilines is 1. The van der Waals surface area contributed by atoms with Gasteiger partial charge in [0.15, 0.2) is 5.58 Å². The molecule has 0 unspecified atom stereocenters. The number of fused-ring (bicyclic) bond motifs is 1. The van der Waals surface area contributed by atoms with Crippen LogP contribution in [0.2, 0.25) is 0 Å². The third kappa shape index (κ3) is 3.90. The Morgan fingerprint density at radius 1 is 1.19 bits per heavy atom. The molecular formula is C22H25N3O5S. The molecule has 1 N–H and O–H groups in total. The second kappa shape index (κ2) is 7.97. The maximum absolute atomic E-state index is 13.2. The van der Waals surface area contributed by atoms with Gasteiger partial charge in [-0.3, -0.25) is 9.36 Å². The van der Waals surface area contributed by atoms with Crippen LogP contribution in [0.25, 0.3) is 11.1 Å². The fraction of sp³-hybridized carbons (Fsp3) is 0.364. The summed E-state index contributed by atoms with van der Waals surface area (Å²) in [4.78, 5) is 24.6. The van der Waals surface area contributed by atoms with E-state index >= 15 is 0 Å². The van der Waals surface area contributed by atoms with Gasteiger partial charge in [0.1, 0.15) is 0 Å². The van der Waals surface area contributed by atoms with Gasteiger partial charge in [0.25, 0.3) is 0 Å². The van der Waals surface area contributed by atoms with Crippen LogP contribution in [0.5, 0.6) is 0 Å². The monoisotopic (exact) mass is 443 g/mol. The van der Waals surface area contributed by atoms with E-state index < -0.39 is 21.7 Å². The first-order valence-corrected chi connectivity index (χ1v) is 11.6. The van der Waals surface area contributed by atoms with Gasteiger partial charge in [-0.25, -0.2) is 13.2 Å². The van der Waals surface area contributed by atoms with Crippen molar-refractivity contribution in [1.29, 1.82) is 0 Å². The molecule has 8 nitrogen and oxygen atoms in total. The highest BCUT2D eigenvalue weighted by Gasteiger charge is 2.34. The molecule has 1 fully saturated rings. The number of nitrogens with one attached hydrogen (secondary N) is 1. The fourth-order valence-corrected chi connectivity index (χ4v) is 5.46. The number of rotatable bonds is 4. The number of aryl methyl sites for hydroxylation is 2. The molecule has 3 aromatic rings. The molecule has 0 radical (unpaired) electrons. The summed E-state index contributed by atoms with van der Waals surface area (Å²) in [6, 6.07) is 10.1. The molecule has 1 aromatic heterocycles. The Balaban J connectivity index is 1.55. The molecule has 0 aliphatic carbocycles. The summed E-state index contributed by atoms with van der Waals surface area (Å²) in [5, 5.41) is 2.95. The number of hydrogen-bond donors (Lipinski definition) is 1. The van der Waals surface area contributed by atoms with E-state index in [1.54, 1.807) is 13.1 Å². The van der Waals surface area contributed by atoms with Crippen molar-refractivity contribution >= 4 is 32.7 Å². The van der Waals surface area contributed by atoms with Gasteiger partial charge in [0.05, 0.1) is 16.3 Å². The standard InChI is InChI=1S/C22H25N3O5S/c1-14-6-4-8-18(15(14)2)23-21(26)16-7-5-11-25(13-16)31(28,29)17-9-10-19-20(12-17)30-22(27)24(19)3/h4,6,8-10,12,16H,5,7,11,13H2,1-3H3,(H,23,26)/t16-/m0/s1. The summed E-state index contributed by atoms with van der Waals surface area (Å²) in [6.07, 6.45) is 1.21. The zero-order chi connectivity index (χ0) is 22.3. The number of benzene rings is 2. The molecule has 2 aromatic carbocycles. The average molecular weight is 444 g/mol. The molecule has 1 aliphatic rings. The van der Waals surface area contributed by atoms with Gasteiger partial charge >= 0.3 is 5.76 Å². The Hall–Kier alpha value is -2.91. The summed E-state index contributed by atoms with van der Waals surface area (Å²) < 4.78 is 34.2. The predicted octanol–water partition coefficient (Wildman–Crippen LogP) is 2.79. The van der Waals surface area contributed by atoms with Crippen LogP contribution >= 0.6 is 0 Å². The van der Waals surface area contributed by atoms with Crippen molar-refractivity contribution in [3.63, 3.8) is 0 Å². The van der Waals surface area contributed by atoms with Crippen LogP contribution in [0.3, 0.4) is 0 Å². The molecule has 0 spiro atoms. The maximum Gasteiger partial charge on any atom is 0.419 e. The SMILES string of the molecule is Cc1cccc(NC(=O)[C@H]2CCCN(S(=O)(=O)c3ccc4c(c3)oc(=O)n4C)C2)c1C. The highest BCUT2D eigenvalue weighted by atomic mass is 32.2. The smallest absolute Gasteiger partial charge is 0.408 e. The van der Waals surface area contributed by atoms with Crippen molar-refractivity contribution < 1.29 is 17.6 Å². The number of nitrogens with zero attached hydrogens (tertiary/aromatic N) is 2. The van der Waals surface area contributed by atoms with Crippen LogP contribution in [-0.2, 0) is 21.9 Å². The molecule has 1 aliphatic heterocycles. The molecule has 9 heteroatoms. The quantitative estimate of drug-likeness (QED) is 0.668. The Bertz CT molecular complexity index is 1320. The van der Waals surface area contributed by atoms with Crippen LogP contribution in [-0.4, -0.2) is 36.3 Å². The lowest BCUT2D eigenvalue weighted by molar-refractivity contribution is -0.120. The van der Waals surface area contributed by atoms with Gasteiger partial charge in [0, 0.05) is 31.9 Å². The second-order valence-electron chi connectivity index (χ2n) is 8.00. The van der Waals surface area contributed by atoms with Crippen LogP contribution in [0.15, 0.2) is 50.5 Å². The maximum atomic E-state index is 13.2. The zero-order valence-electron chi connectivity index (χ0n) is 17.7. The first kappa shape index (κ1) is 21.3. The average Bonchev–Trinajstić information content (AvgIpc) is 3.04. The van der Waals surface area contributed by atoms with E-state index in [0.29, 0.717) is 24.9 Å². The van der Waals surface area contributed by atoms with E-state index in [-0.39, 0.29) is 22.9 Å². The minimum atomic E-state index is -3.83. The number of piperidine rings is 1. The van der Waals surface area contributed by atoms with Crippen LogP contribution in [0, 0.1) is 19.8 Å². The molecule has 31 heavy (non-hydrogen) atoms.